The number of furan rings is 1. The molecule has 4 nitrogen and oxygen atoms in total. The van der Waals surface area contributed by atoms with Gasteiger partial charge in [-0.05, 0) is 43.7 Å². The van der Waals surface area contributed by atoms with Crippen LogP contribution in [0.15, 0.2) is 40.8 Å². The van der Waals surface area contributed by atoms with Gasteiger partial charge >= 0.3 is 0 Å². The van der Waals surface area contributed by atoms with Crippen LogP contribution in [0.2, 0.25) is 5.02 Å². The fourth-order valence-electron chi connectivity index (χ4n) is 2.82. The molecule has 3 aromatic rings. The van der Waals surface area contributed by atoms with Gasteiger partial charge < -0.3 is 15.1 Å². The van der Waals surface area contributed by atoms with E-state index < -0.39 is 0 Å². The molecule has 0 bridgehead atoms. The third-order valence-corrected chi connectivity index (χ3v) is 5.56. The van der Waals surface area contributed by atoms with Crippen LogP contribution in [-0.4, -0.2) is 5.91 Å². The molecule has 6 heteroatoms. The standard InChI is InChI=1S/C18H15ClN2O2S/c1-9-10(2)24-18-15(9)17(22)20-16(21-18)14-7-6-13(23-14)11-4-3-5-12(19)8-11/h3-8,16,21H,1-2H3,(H,20,22)/t16-/m0/s1. The van der Waals surface area contributed by atoms with Gasteiger partial charge in [-0.1, -0.05) is 23.7 Å². The molecule has 0 fully saturated rings. The Hall–Kier alpha value is -2.24. The van der Waals surface area contributed by atoms with Gasteiger partial charge in [0.05, 0.1) is 5.56 Å². The SMILES string of the molecule is Cc1sc2c(c1C)C(=O)N[C@H](c1ccc(-c3cccc(Cl)c3)o1)N2. The first-order valence-corrected chi connectivity index (χ1v) is 8.75. The van der Waals surface area contributed by atoms with Crippen molar-refractivity contribution in [2.45, 2.75) is 20.0 Å². The van der Waals surface area contributed by atoms with Crippen LogP contribution in [0.4, 0.5) is 5.00 Å². The predicted molar refractivity (Wildman–Crippen MR) is 96.8 cm³/mol. The van der Waals surface area contributed by atoms with Crippen LogP contribution in [0.25, 0.3) is 11.3 Å². The number of carbonyl (C=O) groups is 1. The van der Waals surface area contributed by atoms with Crippen molar-refractivity contribution in [2.24, 2.45) is 0 Å². The van der Waals surface area contributed by atoms with Crippen molar-refractivity contribution in [1.29, 1.82) is 0 Å². The molecule has 1 aliphatic heterocycles. The number of aryl methyl sites for hydroxylation is 1. The highest BCUT2D eigenvalue weighted by Crippen LogP contribution is 2.38. The summed E-state index contributed by atoms with van der Waals surface area (Å²) in [6, 6.07) is 11.2. The Balaban J connectivity index is 1.65. The van der Waals surface area contributed by atoms with Crippen molar-refractivity contribution in [2.75, 3.05) is 5.32 Å². The van der Waals surface area contributed by atoms with Gasteiger partial charge in [0, 0.05) is 15.5 Å². The van der Waals surface area contributed by atoms with Crippen LogP contribution in [0.1, 0.15) is 32.7 Å². The van der Waals surface area contributed by atoms with E-state index in [4.69, 9.17) is 16.0 Å². The van der Waals surface area contributed by atoms with E-state index in [2.05, 4.69) is 10.6 Å². The third-order valence-electron chi connectivity index (χ3n) is 4.18. The molecule has 1 atom stereocenters. The number of amides is 1. The Morgan fingerprint density at radius 3 is 2.79 bits per heavy atom. The molecule has 3 heterocycles. The van der Waals surface area contributed by atoms with Gasteiger partial charge in [0.1, 0.15) is 16.5 Å². The lowest BCUT2D eigenvalue weighted by Crippen LogP contribution is -2.37. The molecule has 122 valence electrons. The van der Waals surface area contributed by atoms with Gasteiger partial charge in [-0.3, -0.25) is 4.79 Å². The Labute approximate surface area is 148 Å². The zero-order chi connectivity index (χ0) is 16.8. The molecule has 4 rings (SSSR count). The van der Waals surface area contributed by atoms with Crippen molar-refractivity contribution in [3.05, 3.63) is 63.2 Å². The summed E-state index contributed by atoms with van der Waals surface area (Å²) in [5.74, 6) is 1.30. The lowest BCUT2D eigenvalue weighted by molar-refractivity contribution is 0.0931. The minimum absolute atomic E-state index is 0.0729. The number of rotatable bonds is 2. The zero-order valence-electron chi connectivity index (χ0n) is 13.1. The highest BCUT2D eigenvalue weighted by molar-refractivity contribution is 7.16. The van der Waals surface area contributed by atoms with E-state index >= 15 is 0 Å². The van der Waals surface area contributed by atoms with E-state index in [-0.39, 0.29) is 12.1 Å². The van der Waals surface area contributed by atoms with E-state index in [0.29, 0.717) is 16.5 Å². The lowest BCUT2D eigenvalue weighted by Gasteiger charge is -2.24. The summed E-state index contributed by atoms with van der Waals surface area (Å²) in [5.41, 5.74) is 2.66. The summed E-state index contributed by atoms with van der Waals surface area (Å²) in [7, 11) is 0. The second-order valence-corrected chi connectivity index (χ2v) is 7.41. The molecule has 2 N–H and O–H groups in total. The lowest BCUT2D eigenvalue weighted by atomic mass is 10.1. The minimum Gasteiger partial charge on any atom is -0.457 e. The first-order chi connectivity index (χ1) is 11.5. The molecule has 0 saturated carbocycles. The molecule has 0 unspecified atom stereocenters. The van der Waals surface area contributed by atoms with Gasteiger partial charge in [-0.2, -0.15) is 0 Å². The van der Waals surface area contributed by atoms with Crippen LogP contribution in [0, 0.1) is 13.8 Å². The maximum Gasteiger partial charge on any atom is 0.256 e. The topological polar surface area (TPSA) is 54.3 Å². The monoisotopic (exact) mass is 358 g/mol. The van der Waals surface area contributed by atoms with E-state index in [0.717, 1.165) is 26.6 Å². The van der Waals surface area contributed by atoms with Gasteiger partial charge in [-0.15, -0.1) is 11.3 Å². The quantitative estimate of drug-likeness (QED) is 0.667. The highest BCUT2D eigenvalue weighted by atomic mass is 35.5. The average molecular weight is 359 g/mol. The molecule has 0 radical (unpaired) electrons. The van der Waals surface area contributed by atoms with E-state index in [1.54, 1.807) is 11.3 Å². The highest BCUT2D eigenvalue weighted by Gasteiger charge is 2.30. The molecular formula is C18H15ClN2O2S. The molecule has 1 aliphatic rings. The van der Waals surface area contributed by atoms with Crippen molar-refractivity contribution in [3.63, 3.8) is 0 Å². The van der Waals surface area contributed by atoms with Crippen molar-refractivity contribution in [3.8, 4) is 11.3 Å². The van der Waals surface area contributed by atoms with Crippen LogP contribution in [0.5, 0.6) is 0 Å². The van der Waals surface area contributed by atoms with Crippen LogP contribution < -0.4 is 10.6 Å². The Morgan fingerprint density at radius 1 is 1.17 bits per heavy atom. The van der Waals surface area contributed by atoms with Crippen molar-refractivity contribution < 1.29 is 9.21 Å². The summed E-state index contributed by atoms with van der Waals surface area (Å²) >= 11 is 7.63. The average Bonchev–Trinajstić information content (AvgIpc) is 3.13. The van der Waals surface area contributed by atoms with Crippen molar-refractivity contribution in [1.82, 2.24) is 5.32 Å². The number of carbonyl (C=O) groups excluding carboxylic acids is 1. The number of fused-ring (bicyclic) bond motifs is 1. The minimum atomic E-state index is -0.379. The molecule has 0 spiro atoms. The first-order valence-electron chi connectivity index (χ1n) is 7.56. The summed E-state index contributed by atoms with van der Waals surface area (Å²) in [6.45, 7) is 3.99. The van der Waals surface area contributed by atoms with Gasteiger partial charge in [0.2, 0.25) is 0 Å². The van der Waals surface area contributed by atoms with Crippen LogP contribution in [0.3, 0.4) is 0 Å². The number of halogens is 1. The molecular weight excluding hydrogens is 344 g/mol. The molecule has 0 saturated heterocycles. The number of nitrogens with one attached hydrogen (secondary N) is 2. The van der Waals surface area contributed by atoms with Crippen molar-refractivity contribution >= 4 is 33.8 Å². The van der Waals surface area contributed by atoms with E-state index in [9.17, 15) is 4.79 Å². The van der Waals surface area contributed by atoms with Gasteiger partial charge in [0.25, 0.3) is 5.91 Å². The second-order valence-electron chi connectivity index (χ2n) is 5.75. The largest absolute Gasteiger partial charge is 0.457 e. The van der Waals surface area contributed by atoms with Crippen LogP contribution in [-0.2, 0) is 0 Å². The second kappa shape index (κ2) is 5.69. The Bertz CT molecular complexity index is 944. The number of hydrogen-bond donors (Lipinski definition) is 2. The Kier molecular flexibility index (Phi) is 3.62. The predicted octanol–water partition coefficient (Wildman–Crippen LogP) is 5.13. The number of hydrogen-bond acceptors (Lipinski definition) is 4. The smallest absolute Gasteiger partial charge is 0.256 e. The zero-order valence-corrected chi connectivity index (χ0v) is 14.7. The van der Waals surface area contributed by atoms with Gasteiger partial charge in [0.15, 0.2) is 6.17 Å². The molecule has 24 heavy (non-hydrogen) atoms. The first kappa shape index (κ1) is 15.3. The van der Waals surface area contributed by atoms with E-state index in [1.165, 1.54) is 0 Å². The molecule has 1 aromatic carbocycles. The normalized spacial score (nSPS) is 16.5. The maximum absolute atomic E-state index is 12.4. The Morgan fingerprint density at radius 2 is 2.00 bits per heavy atom. The van der Waals surface area contributed by atoms with Crippen LogP contribution >= 0.6 is 22.9 Å². The van der Waals surface area contributed by atoms with E-state index in [1.807, 2.05) is 50.2 Å². The third kappa shape index (κ3) is 2.50. The fourth-order valence-corrected chi connectivity index (χ4v) is 4.10. The molecule has 1 amide bonds. The fraction of sp³-hybridized carbons (Fsp3) is 0.167. The summed E-state index contributed by atoms with van der Waals surface area (Å²) in [6.07, 6.45) is -0.379. The number of benzene rings is 1. The molecule has 2 aromatic heterocycles. The molecule has 0 aliphatic carbocycles. The maximum atomic E-state index is 12.4. The number of anilines is 1. The summed E-state index contributed by atoms with van der Waals surface area (Å²) < 4.78 is 5.93. The summed E-state index contributed by atoms with van der Waals surface area (Å²) in [4.78, 5) is 13.6. The number of thiophene rings is 1. The summed E-state index contributed by atoms with van der Waals surface area (Å²) in [5, 5.41) is 7.85. The van der Waals surface area contributed by atoms with Gasteiger partial charge in [-0.25, -0.2) is 0 Å².